The Hall–Kier alpha value is -2.14. The summed E-state index contributed by atoms with van der Waals surface area (Å²) in [5.74, 6) is 0. The Balaban J connectivity index is 2.37. The average Bonchev–Trinajstić information content (AvgIpc) is 2.74. The summed E-state index contributed by atoms with van der Waals surface area (Å²) in [6.45, 7) is 3.96. The molecule has 0 fully saturated rings. The average molecular weight is 286 g/mol. The Morgan fingerprint density at radius 3 is 2.40 bits per heavy atom. The number of rotatable bonds is 1. The number of benzene rings is 1. The lowest BCUT2D eigenvalue weighted by atomic mass is 10.1. The molecule has 1 N–H and O–H groups in total. The number of aromatic amines is 1. The minimum Gasteiger partial charge on any atom is -0.298 e. The molecule has 0 radical (unpaired) electrons. The number of thiophene rings is 1. The molecule has 0 saturated carbocycles. The second kappa shape index (κ2) is 4.45. The lowest BCUT2D eigenvalue weighted by Gasteiger charge is -2.00. The van der Waals surface area contributed by atoms with Gasteiger partial charge in [0.05, 0.1) is 5.39 Å². The molecule has 0 aliphatic rings. The van der Waals surface area contributed by atoms with E-state index in [0.29, 0.717) is 10.2 Å². The van der Waals surface area contributed by atoms with Gasteiger partial charge in [-0.3, -0.25) is 14.3 Å². The van der Waals surface area contributed by atoms with E-state index < -0.39 is 0 Å². The number of aromatic nitrogens is 2. The maximum Gasteiger partial charge on any atom is 0.329 e. The van der Waals surface area contributed by atoms with Gasteiger partial charge in [-0.1, -0.05) is 29.8 Å². The first kappa shape index (κ1) is 12.9. The highest BCUT2D eigenvalue weighted by molar-refractivity contribution is 7.22. The summed E-state index contributed by atoms with van der Waals surface area (Å²) in [5, 5.41) is 0.604. The van der Waals surface area contributed by atoms with Crippen molar-refractivity contribution in [3.05, 3.63) is 56.2 Å². The summed E-state index contributed by atoms with van der Waals surface area (Å²) < 4.78 is 1.11. The van der Waals surface area contributed by atoms with Crippen LogP contribution >= 0.6 is 11.3 Å². The van der Waals surface area contributed by atoms with Crippen LogP contribution in [0.25, 0.3) is 20.7 Å². The van der Waals surface area contributed by atoms with Crippen LogP contribution in [-0.2, 0) is 7.05 Å². The number of fused-ring (bicyclic) bond motifs is 1. The van der Waals surface area contributed by atoms with Crippen LogP contribution < -0.4 is 11.2 Å². The molecule has 5 heteroatoms. The van der Waals surface area contributed by atoms with Crippen molar-refractivity contribution in [1.82, 2.24) is 9.55 Å². The molecule has 0 aliphatic carbocycles. The Labute approximate surface area is 119 Å². The summed E-state index contributed by atoms with van der Waals surface area (Å²) in [6.07, 6.45) is 0. The summed E-state index contributed by atoms with van der Waals surface area (Å²) in [7, 11) is 1.49. The summed E-state index contributed by atoms with van der Waals surface area (Å²) in [4.78, 5) is 28.3. The molecule has 102 valence electrons. The Bertz CT molecular complexity index is 914. The molecule has 0 unspecified atom stereocenters. The molecule has 3 rings (SSSR count). The third-order valence-corrected chi connectivity index (χ3v) is 4.76. The second-order valence-corrected chi connectivity index (χ2v) is 5.94. The minimum absolute atomic E-state index is 0.240. The molecule has 2 aromatic heterocycles. The van der Waals surface area contributed by atoms with Gasteiger partial charge in [-0.25, -0.2) is 4.79 Å². The molecule has 20 heavy (non-hydrogen) atoms. The van der Waals surface area contributed by atoms with Crippen LogP contribution in [-0.4, -0.2) is 9.55 Å². The molecule has 1 aromatic carbocycles. The maximum absolute atomic E-state index is 12.2. The number of aryl methyl sites for hydroxylation is 2. The molecule has 0 atom stereocenters. The van der Waals surface area contributed by atoms with E-state index >= 15 is 0 Å². The van der Waals surface area contributed by atoms with E-state index in [1.165, 1.54) is 23.9 Å². The van der Waals surface area contributed by atoms with Crippen LogP contribution in [0.1, 0.15) is 11.1 Å². The van der Waals surface area contributed by atoms with Gasteiger partial charge < -0.3 is 0 Å². The minimum atomic E-state index is -0.376. The van der Waals surface area contributed by atoms with Crippen molar-refractivity contribution in [2.45, 2.75) is 13.8 Å². The molecule has 0 spiro atoms. The second-order valence-electron chi connectivity index (χ2n) is 4.92. The molecular formula is C15H14N2O2S. The Kier molecular flexibility index (Phi) is 2.87. The van der Waals surface area contributed by atoms with Crippen LogP contribution in [0.3, 0.4) is 0 Å². The number of hydrogen-bond donors (Lipinski definition) is 1. The number of H-pyrrole nitrogens is 1. The van der Waals surface area contributed by atoms with Crippen molar-refractivity contribution >= 4 is 21.6 Å². The van der Waals surface area contributed by atoms with E-state index in [2.05, 4.69) is 4.98 Å². The normalized spacial score (nSPS) is 11.2. The molecule has 2 heterocycles. The first-order valence-electron chi connectivity index (χ1n) is 6.28. The van der Waals surface area contributed by atoms with Crippen molar-refractivity contribution in [3.63, 3.8) is 0 Å². The first-order chi connectivity index (χ1) is 9.49. The van der Waals surface area contributed by atoms with E-state index in [1.807, 2.05) is 38.1 Å². The summed E-state index contributed by atoms with van der Waals surface area (Å²) in [5.41, 5.74) is 2.56. The first-order valence-corrected chi connectivity index (χ1v) is 7.10. The van der Waals surface area contributed by atoms with Gasteiger partial charge in [-0.15, -0.1) is 11.3 Å². The van der Waals surface area contributed by atoms with E-state index in [0.717, 1.165) is 20.6 Å². The van der Waals surface area contributed by atoms with Crippen molar-refractivity contribution in [2.75, 3.05) is 0 Å². The van der Waals surface area contributed by atoms with Gasteiger partial charge in [0.2, 0.25) is 0 Å². The molecule has 4 nitrogen and oxygen atoms in total. The van der Waals surface area contributed by atoms with Crippen LogP contribution in [0.15, 0.2) is 33.9 Å². The van der Waals surface area contributed by atoms with E-state index in [1.54, 1.807) is 0 Å². The van der Waals surface area contributed by atoms with E-state index in [4.69, 9.17) is 0 Å². The molecule has 3 aromatic rings. The van der Waals surface area contributed by atoms with Crippen molar-refractivity contribution in [3.8, 4) is 10.4 Å². The number of nitrogens with zero attached hydrogens (tertiary/aromatic N) is 1. The predicted molar refractivity (Wildman–Crippen MR) is 82.6 cm³/mol. The fraction of sp³-hybridized carbons (Fsp3) is 0.200. The van der Waals surface area contributed by atoms with Gasteiger partial charge in [0, 0.05) is 11.9 Å². The van der Waals surface area contributed by atoms with Gasteiger partial charge in [0.25, 0.3) is 5.56 Å². The third kappa shape index (κ3) is 1.82. The summed E-state index contributed by atoms with van der Waals surface area (Å²) >= 11 is 1.45. The standard InChI is InChI=1S/C15H14N2O2S/c1-8-4-6-10(7-5-8)12-9(2)11-13(20-12)16-15(19)17(3)14(11)18/h4-7H,1-3H3,(H,16,19). The fourth-order valence-corrected chi connectivity index (χ4v) is 3.47. The van der Waals surface area contributed by atoms with Gasteiger partial charge in [0.1, 0.15) is 4.83 Å². The zero-order chi connectivity index (χ0) is 14.4. The van der Waals surface area contributed by atoms with Crippen LogP contribution in [0, 0.1) is 13.8 Å². The van der Waals surface area contributed by atoms with Gasteiger partial charge in [0.15, 0.2) is 0 Å². The highest BCUT2D eigenvalue weighted by atomic mass is 32.1. The molecule has 0 amide bonds. The quantitative estimate of drug-likeness (QED) is 0.747. The Morgan fingerprint density at radius 2 is 1.75 bits per heavy atom. The SMILES string of the molecule is Cc1ccc(-c2sc3[nH]c(=O)n(C)c(=O)c3c2C)cc1. The summed E-state index contributed by atoms with van der Waals surface area (Å²) in [6, 6.07) is 8.16. The lowest BCUT2D eigenvalue weighted by molar-refractivity contribution is 0.795. The molecule has 0 aliphatic heterocycles. The maximum atomic E-state index is 12.2. The van der Waals surface area contributed by atoms with Crippen molar-refractivity contribution < 1.29 is 0 Å². The largest absolute Gasteiger partial charge is 0.329 e. The van der Waals surface area contributed by atoms with E-state index in [-0.39, 0.29) is 11.2 Å². The number of hydrogen-bond acceptors (Lipinski definition) is 3. The zero-order valence-electron chi connectivity index (χ0n) is 11.5. The van der Waals surface area contributed by atoms with Gasteiger partial charge in [-0.05, 0) is 25.0 Å². The third-order valence-electron chi connectivity index (χ3n) is 3.50. The van der Waals surface area contributed by atoms with Crippen LogP contribution in [0.4, 0.5) is 0 Å². The Morgan fingerprint density at radius 1 is 1.10 bits per heavy atom. The fourth-order valence-electron chi connectivity index (χ4n) is 2.28. The monoisotopic (exact) mass is 286 g/mol. The van der Waals surface area contributed by atoms with Gasteiger partial charge >= 0.3 is 5.69 Å². The van der Waals surface area contributed by atoms with Crippen molar-refractivity contribution in [1.29, 1.82) is 0 Å². The smallest absolute Gasteiger partial charge is 0.298 e. The topological polar surface area (TPSA) is 54.9 Å². The highest BCUT2D eigenvalue weighted by Crippen LogP contribution is 2.35. The van der Waals surface area contributed by atoms with Crippen LogP contribution in [0.5, 0.6) is 0 Å². The predicted octanol–water partition coefficient (Wildman–Crippen LogP) is 2.57. The zero-order valence-corrected chi connectivity index (χ0v) is 12.3. The number of nitrogens with one attached hydrogen (secondary N) is 1. The van der Waals surface area contributed by atoms with E-state index in [9.17, 15) is 9.59 Å². The highest BCUT2D eigenvalue weighted by Gasteiger charge is 2.15. The van der Waals surface area contributed by atoms with Gasteiger partial charge in [-0.2, -0.15) is 0 Å². The molecular weight excluding hydrogens is 272 g/mol. The van der Waals surface area contributed by atoms with Crippen LogP contribution in [0.2, 0.25) is 0 Å². The van der Waals surface area contributed by atoms with Crippen molar-refractivity contribution in [2.24, 2.45) is 7.05 Å². The molecule has 0 bridgehead atoms. The molecule has 0 saturated heterocycles. The lowest BCUT2D eigenvalue weighted by Crippen LogP contribution is -2.32.